The number of hydrogen-bond acceptors (Lipinski definition) is 6. The first-order valence-electron chi connectivity index (χ1n) is 4.99. The molecule has 0 aromatic carbocycles. The van der Waals surface area contributed by atoms with Crippen molar-refractivity contribution in [2.45, 2.75) is 30.6 Å². The standard InChI is InChI=1S/C8H13N3O5/c9-11-10-5-4(3-12)16-7(6(5)13)8-14-1-2-15-8/h4-8,12-13H,1-3H2/t4-,5+,6-,7-/m1/s1. The molecule has 2 fully saturated rings. The molecule has 0 unspecified atom stereocenters. The molecule has 0 aromatic rings. The maximum Gasteiger partial charge on any atom is 0.186 e. The lowest BCUT2D eigenvalue weighted by Crippen LogP contribution is -2.38. The molecule has 16 heavy (non-hydrogen) atoms. The van der Waals surface area contributed by atoms with E-state index >= 15 is 0 Å². The molecule has 0 spiro atoms. The zero-order valence-electron chi connectivity index (χ0n) is 8.47. The Hall–Kier alpha value is -0.890. The zero-order chi connectivity index (χ0) is 11.5. The number of rotatable bonds is 3. The average molecular weight is 231 g/mol. The SMILES string of the molecule is [N-]=[N+]=N[C@@H]1[C@@H](O)[C@H](C2OCCO2)O[C@@H]1CO. The molecule has 90 valence electrons. The third-order valence-electron chi connectivity index (χ3n) is 2.68. The lowest BCUT2D eigenvalue weighted by atomic mass is 10.1. The molecule has 0 radical (unpaired) electrons. The van der Waals surface area contributed by atoms with Crippen molar-refractivity contribution in [1.29, 1.82) is 0 Å². The van der Waals surface area contributed by atoms with E-state index in [1.54, 1.807) is 0 Å². The van der Waals surface area contributed by atoms with Crippen LogP contribution in [0.1, 0.15) is 0 Å². The van der Waals surface area contributed by atoms with Gasteiger partial charge in [0.25, 0.3) is 0 Å². The average Bonchev–Trinajstić information content (AvgIpc) is 2.89. The number of hydrogen-bond donors (Lipinski definition) is 2. The van der Waals surface area contributed by atoms with E-state index in [1.807, 2.05) is 0 Å². The van der Waals surface area contributed by atoms with E-state index in [-0.39, 0.29) is 6.61 Å². The molecule has 0 bridgehead atoms. The molecule has 0 aromatic heterocycles. The molecule has 8 heteroatoms. The first kappa shape index (κ1) is 11.6. The van der Waals surface area contributed by atoms with Gasteiger partial charge in [-0.15, -0.1) is 0 Å². The highest BCUT2D eigenvalue weighted by Gasteiger charge is 2.48. The van der Waals surface area contributed by atoms with Gasteiger partial charge in [0, 0.05) is 4.91 Å². The van der Waals surface area contributed by atoms with Crippen LogP contribution in [-0.4, -0.2) is 60.7 Å². The second-order valence-corrected chi connectivity index (χ2v) is 3.62. The van der Waals surface area contributed by atoms with Gasteiger partial charge < -0.3 is 24.4 Å². The molecule has 8 nitrogen and oxygen atoms in total. The fraction of sp³-hybridized carbons (Fsp3) is 1.00. The minimum Gasteiger partial charge on any atom is -0.394 e. The van der Waals surface area contributed by atoms with Gasteiger partial charge in [-0.05, 0) is 5.53 Å². The summed E-state index contributed by atoms with van der Waals surface area (Å²) in [7, 11) is 0. The van der Waals surface area contributed by atoms with Crippen molar-refractivity contribution in [3.63, 3.8) is 0 Å². The van der Waals surface area contributed by atoms with Gasteiger partial charge in [0.15, 0.2) is 6.29 Å². The Balaban J connectivity index is 2.08. The predicted molar refractivity (Wildman–Crippen MR) is 50.4 cm³/mol. The molecule has 2 rings (SSSR count). The molecular weight excluding hydrogens is 218 g/mol. The van der Waals surface area contributed by atoms with Gasteiger partial charge in [-0.3, -0.25) is 0 Å². The number of aliphatic hydroxyl groups is 2. The normalized spacial score (nSPS) is 39.9. The molecule has 0 saturated carbocycles. The summed E-state index contributed by atoms with van der Waals surface area (Å²) in [6, 6.07) is -0.812. The minimum absolute atomic E-state index is 0.329. The van der Waals surface area contributed by atoms with E-state index in [2.05, 4.69) is 10.0 Å². The van der Waals surface area contributed by atoms with E-state index in [0.29, 0.717) is 13.2 Å². The van der Waals surface area contributed by atoms with Crippen LogP contribution in [0, 0.1) is 0 Å². The van der Waals surface area contributed by atoms with Crippen LogP contribution in [0.2, 0.25) is 0 Å². The summed E-state index contributed by atoms with van der Waals surface area (Å²) in [5, 5.41) is 22.3. The molecule has 2 saturated heterocycles. The van der Waals surface area contributed by atoms with Gasteiger partial charge in [-0.2, -0.15) is 0 Å². The Kier molecular flexibility index (Phi) is 3.59. The molecule has 2 aliphatic heterocycles. The quantitative estimate of drug-likeness (QED) is 0.373. The fourth-order valence-electron chi connectivity index (χ4n) is 1.92. The van der Waals surface area contributed by atoms with Gasteiger partial charge >= 0.3 is 0 Å². The second-order valence-electron chi connectivity index (χ2n) is 3.62. The highest BCUT2D eigenvalue weighted by atomic mass is 16.7. The summed E-state index contributed by atoms with van der Waals surface area (Å²) < 4.78 is 15.8. The van der Waals surface area contributed by atoms with E-state index < -0.39 is 30.6 Å². The van der Waals surface area contributed by atoms with E-state index in [0.717, 1.165) is 0 Å². The third kappa shape index (κ3) is 1.99. The van der Waals surface area contributed by atoms with Crippen molar-refractivity contribution in [2.24, 2.45) is 5.11 Å². The fourth-order valence-corrected chi connectivity index (χ4v) is 1.92. The minimum atomic E-state index is -1.03. The number of azide groups is 1. The van der Waals surface area contributed by atoms with Crippen molar-refractivity contribution in [2.75, 3.05) is 19.8 Å². The topological polar surface area (TPSA) is 117 Å². The van der Waals surface area contributed by atoms with Crippen LogP contribution in [0.15, 0.2) is 5.11 Å². The van der Waals surface area contributed by atoms with Crippen molar-refractivity contribution in [3.05, 3.63) is 10.4 Å². The van der Waals surface area contributed by atoms with Crippen molar-refractivity contribution < 1.29 is 24.4 Å². The summed E-state index contributed by atoms with van der Waals surface area (Å²) >= 11 is 0. The molecule has 2 aliphatic rings. The number of ether oxygens (including phenoxy) is 3. The van der Waals surface area contributed by atoms with E-state index in [4.69, 9.17) is 24.8 Å². The van der Waals surface area contributed by atoms with Gasteiger partial charge in [-0.25, -0.2) is 0 Å². The lowest BCUT2D eigenvalue weighted by molar-refractivity contribution is -0.160. The Morgan fingerprint density at radius 3 is 2.62 bits per heavy atom. The van der Waals surface area contributed by atoms with Crippen LogP contribution in [0.4, 0.5) is 0 Å². The lowest BCUT2D eigenvalue weighted by Gasteiger charge is -2.20. The molecular formula is C8H13N3O5. The van der Waals surface area contributed by atoms with Gasteiger partial charge in [0.05, 0.1) is 38.1 Å². The van der Waals surface area contributed by atoms with E-state index in [9.17, 15) is 5.11 Å². The van der Waals surface area contributed by atoms with E-state index in [1.165, 1.54) is 0 Å². The highest BCUT2D eigenvalue weighted by Crippen LogP contribution is 2.29. The van der Waals surface area contributed by atoms with Crippen LogP contribution >= 0.6 is 0 Å². The summed E-state index contributed by atoms with van der Waals surface area (Å²) in [6.45, 7) is 0.546. The molecule has 2 heterocycles. The van der Waals surface area contributed by atoms with Gasteiger partial charge in [0.1, 0.15) is 6.10 Å². The molecule has 0 amide bonds. The zero-order valence-corrected chi connectivity index (χ0v) is 8.47. The Bertz CT molecular complexity index is 289. The summed E-state index contributed by atoms with van der Waals surface area (Å²) in [6.07, 6.45) is -3.14. The number of aliphatic hydroxyl groups excluding tert-OH is 2. The Morgan fingerprint density at radius 2 is 2.06 bits per heavy atom. The summed E-state index contributed by atoms with van der Waals surface area (Å²) in [4.78, 5) is 2.62. The Morgan fingerprint density at radius 1 is 1.38 bits per heavy atom. The van der Waals surface area contributed by atoms with Crippen LogP contribution in [0.5, 0.6) is 0 Å². The first-order chi connectivity index (χ1) is 7.77. The van der Waals surface area contributed by atoms with Crippen LogP contribution in [0.25, 0.3) is 10.4 Å². The van der Waals surface area contributed by atoms with Crippen LogP contribution in [0.3, 0.4) is 0 Å². The summed E-state index contributed by atoms with van der Waals surface area (Å²) in [5.41, 5.74) is 8.36. The summed E-state index contributed by atoms with van der Waals surface area (Å²) in [5.74, 6) is 0. The molecule has 4 atom stereocenters. The van der Waals surface area contributed by atoms with Crippen LogP contribution < -0.4 is 0 Å². The van der Waals surface area contributed by atoms with Crippen LogP contribution in [-0.2, 0) is 14.2 Å². The highest BCUT2D eigenvalue weighted by molar-refractivity contribution is 4.97. The predicted octanol–water partition coefficient (Wildman–Crippen LogP) is -0.841. The third-order valence-corrected chi connectivity index (χ3v) is 2.68. The van der Waals surface area contributed by atoms with Gasteiger partial charge in [-0.1, -0.05) is 5.11 Å². The largest absolute Gasteiger partial charge is 0.394 e. The monoisotopic (exact) mass is 231 g/mol. The maximum absolute atomic E-state index is 9.88. The number of nitrogens with zero attached hydrogens (tertiary/aromatic N) is 3. The maximum atomic E-state index is 9.88. The Labute approximate surface area is 91.3 Å². The van der Waals surface area contributed by atoms with Gasteiger partial charge in [0.2, 0.25) is 0 Å². The van der Waals surface area contributed by atoms with Crippen molar-refractivity contribution in [3.8, 4) is 0 Å². The molecule has 2 N–H and O–H groups in total. The molecule has 0 aliphatic carbocycles. The second kappa shape index (κ2) is 4.96. The smallest absolute Gasteiger partial charge is 0.186 e. The first-order valence-corrected chi connectivity index (χ1v) is 4.99. The van der Waals surface area contributed by atoms with Crippen molar-refractivity contribution in [1.82, 2.24) is 0 Å². The van der Waals surface area contributed by atoms with Crippen molar-refractivity contribution >= 4 is 0 Å².